The molecular weight excluding hydrogens is 364 g/mol. The van der Waals surface area contributed by atoms with Crippen LogP contribution in [0.2, 0.25) is 0 Å². The lowest BCUT2D eigenvalue weighted by atomic mass is 9.76. The van der Waals surface area contributed by atoms with Gasteiger partial charge in [0.1, 0.15) is 0 Å². The molecule has 1 unspecified atom stereocenters. The van der Waals surface area contributed by atoms with Gasteiger partial charge in [0.15, 0.2) is 0 Å². The molecule has 0 aliphatic heterocycles. The van der Waals surface area contributed by atoms with E-state index in [4.69, 9.17) is 10.7 Å². The number of hydrogen-bond donors (Lipinski definition) is 1. The van der Waals surface area contributed by atoms with Crippen molar-refractivity contribution in [2.75, 3.05) is 0 Å². The number of rotatable bonds is 7. The quantitative estimate of drug-likeness (QED) is 0.457. The van der Waals surface area contributed by atoms with Crippen LogP contribution in [-0.2, 0) is 0 Å². The maximum absolute atomic E-state index is 6.69. The van der Waals surface area contributed by atoms with E-state index in [1.165, 1.54) is 27.8 Å². The second kappa shape index (κ2) is 10.3. The first kappa shape index (κ1) is 24.2. The van der Waals surface area contributed by atoms with E-state index in [-0.39, 0.29) is 5.92 Å². The summed E-state index contributed by atoms with van der Waals surface area (Å²) in [4.78, 5) is 5.09. The molecule has 1 atom stereocenters. The lowest BCUT2D eigenvalue weighted by Gasteiger charge is -2.31. The van der Waals surface area contributed by atoms with Gasteiger partial charge >= 0.3 is 0 Å². The Morgan fingerprint density at radius 2 is 1.50 bits per heavy atom. The highest BCUT2D eigenvalue weighted by atomic mass is 14.7. The van der Waals surface area contributed by atoms with Crippen molar-refractivity contribution in [1.29, 1.82) is 0 Å². The fraction of sp³-hybridized carbons (Fsp3) is 0.536. The molecule has 0 aromatic heterocycles. The maximum Gasteiger partial charge on any atom is 0.0698 e. The molecule has 164 valence electrons. The van der Waals surface area contributed by atoms with Gasteiger partial charge in [-0.1, -0.05) is 92.7 Å². The summed E-state index contributed by atoms with van der Waals surface area (Å²) in [5.41, 5.74) is 15.4. The molecule has 2 nitrogen and oxygen atoms in total. The van der Waals surface area contributed by atoms with E-state index >= 15 is 0 Å². The Morgan fingerprint density at radius 1 is 0.933 bits per heavy atom. The summed E-state index contributed by atoms with van der Waals surface area (Å²) >= 11 is 0. The maximum atomic E-state index is 6.69. The van der Waals surface area contributed by atoms with Crippen molar-refractivity contribution in [2.24, 2.45) is 28.5 Å². The third kappa shape index (κ3) is 5.14. The van der Waals surface area contributed by atoms with Gasteiger partial charge in [0.25, 0.3) is 0 Å². The molecule has 0 saturated carbocycles. The monoisotopic (exact) mass is 406 g/mol. The average Bonchev–Trinajstić information content (AvgIpc) is 2.67. The van der Waals surface area contributed by atoms with Crippen molar-refractivity contribution >= 4 is 11.9 Å². The number of nitrogens with zero attached hydrogens (tertiary/aromatic N) is 1. The van der Waals surface area contributed by atoms with E-state index in [0.717, 1.165) is 17.8 Å². The summed E-state index contributed by atoms with van der Waals surface area (Å²) in [7, 11) is 0. The summed E-state index contributed by atoms with van der Waals surface area (Å²) in [5, 5.41) is 0. The van der Waals surface area contributed by atoms with Gasteiger partial charge in [-0.25, -0.2) is 0 Å². The van der Waals surface area contributed by atoms with E-state index in [0.29, 0.717) is 23.7 Å². The molecular formula is C28H42N2. The van der Waals surface area contributed by atoms with Crippen LogP contribution in [0, 0.1) is 17.8 Å². The summed E-state index contributed by atoms with van der Waals surface area (Å²) in [6.07, 6.45) is 7.56. The number of para-hydroxylation sites is 1. The van der Waals surface area contributed by atoms with Crippen LogP contribution in [0.15, 0.2) is 57.8 Å². The smallest absolute Gasteiger partial charge is 0.0698 e. The Bertz CT molecular complexity index is 834. The molecule has 0 radical (unpaired) electrons. The van der Waals surface area contributed by atoms with Crippen LogP contribution < -0.4 is 5.73 Å². The normalized spacial score (nSPS) is 19.3. The van der Waals surface area contributed by atoms with Crippen LogP contribution in [0.1, 0.15) is 91.7 Å². The Morgan fingerprint density at radius 3 is 1.93 bits per heavy atom. The summed E-state index contributed by atoms with van der Waals surface area (Å²) < 4.78 is 0. The number of nitrogens with two attached hydrogens (primary N) is 1. The first-order valence-electron chi connectivity index (χ1n) is 11.7. The van der Waals surface area contributed by atoms with Crippen molar-refractivity contribution in [3.05, 3.63) is 63.9 Å². The Labute approximate surface area is 185 Å². The standard InChI is InChI=1S/C28H42N2/c1-10-21(25-15-14-22(17(2)3)27(29)26(25)20(8)9)16-30-28-23(18(4)5)12-11-13-24(28)19(6)7/h11-20,26H,10,29H2,1-9H3/b25-21+,30-16+. The predicted molar refractivity (Wildman–Crippen MR) is 134 cm³/mol. The molecule has 2 N–H and O–H groups in total. The van der Waals surface area contributed by atoms with E-state index in [1.807, 2.05) is 0 Å². The third-order valence-corrected chi connectivity index (χ3v) is 6.18. The zero-order chi connectivity index (χ0) is 22.6. The van der Waals surface area contributed by atoms with Crippen molar-refractivity contribution < 1.29 is 0 Å². The number of allylic oxidation sites excluding steroid dienone is 5. The molecule has 1 aromatic rings. The summed E-state index contributed by atoms with van der Waals surface area (Å²) in [5.74, 6) is 2.02. The average molecular weight is 407 g/mol. The topological polar surface area (TPSA) is 38.4 Å². The summed E-state index contributed by atoms with van der Waals surface area (Å²) in [6.45, 7) is 20.2. The molecule has 2 heteroatoms. The Hall–Kier alpha value is -2.09. The molecule has 0 amide bonds. The van der Waals surface area contributed by atoms with Gasteiger partial charge in [0, 0.05) is 17.8 Å². The van der Waals surface area contributed by atoms with Crippen LogP contribution >= 0.6 is 0 Å². The van der Waals surface area contributed by atoms with Gasteiger partial charge in [0.2, 0.25) is 0 Å². The van der Waals surface area contributed by atoms with E-state index in [1.54, 1.807) is 0 Å². The number of aliphatic imine (C=N–C) groups is 1. The summed E-state index contributed by atoms with van der Waals surface area (Å²) in [6, 6.07) is 6.60. The Kier molecular flexibility index (Phi) is 8.29. The predicted octanol–water partition coefficient (Wildman–Crippen LogP) is 8.05. The zero-order valence-corrected chi connectivity index (χ0v) is 20.6. The largest absolute Gasteiger partial charge is 0.401 e. The minimum atomic E-state index is 0.249. The number of hydrogen-bond acceptors (Lipinski definition) is 2. The van der Waals surface area contributed by atoms with Crippen molar-refractivity contribution in [1.82, 2.24) is 0 Å². The van der Waals surface area contributed by atoms with E-state index in [2.05, 4.69) is 98.9 Å². The lowest BCUT2D eigenvalue weighted by molar-refractivity contribution is 0.491. The highest BCUT2D eigenvalue weighted by Gasteiger charge is 2.27. The third-order valence-electron chi connectivity index (χ3n) is 6.18. The molecule has 0 bridgehead atoms. The molecule has 1 aliphatic carbocycles. The van der Waals surface area contributed by atoms with Gasteiger partial charge in [0.05, 0.1) is 5.69 Å². The van der Waals surface area contributed by atoms with Crippen molar-refractivity contribution in [3.8, 4) is 0 Å². The van der Waals surface area contributed by atoms with Crippen LogP contribution in [0.5, 0.6) is 0 Å². The van der Waals surface area contributed by atoms with Crippen molar-refractivity contribution in [3.63, 3.8) is 0 Å². The Balaban J connectivity index is 2.60. The van der Waals surface area contributed by atoms with Crippen LogP contribution in [0.4, 0.5) is 5.69 Å². The molecule has 30 heavy (non-hydrogen) atoms. The second-order valence-electron chi connectivity index (χ2n) is 9.81. The van der Waals surface area contributed by atoms with Gasteiger partial charge in [-0.2, -0.15) is 0 Å². The molecule has 1 aliphatic rings. The fourth-order valence-electron chi connectivity index (χ4n) is 4.45. The first-order valence-corrected chi connectivity index (χ1v) is 11.7. The SMILES string of the molecule is CCC(/C=N/c1c(C(C)C)cccc1C(C)C)=C1/C=CC(C(C)C)=C(N)C1C(C)C. The van der Waals surface area contributed by atoms with Gasteiger partial charge in [-0.15, -0.1) is 0 Å². The highest BCUT2D eigenvalue weighted by Crippen LogP contribution is 2.38. The fourth-order valence-corrected chi connectivity index (χ4v) is 4.45. The van der Waals surface area contributed by atoms with Gasteiger partial charge in [-0.3, -0.25) is 4.99 Å². The second-order valence-corrected chi connectivity index (χ2v) is 9.81. The van der Waals surface area contributed by atoms with Crippen LogP contribution in [0.3, 0.4) is 0 Å². The highest BCUT2D eigenvalue weighted by molar-refractivity contribution is 5.84. The molecule has 0 saturated heterocycles. The van der Waals surface area contributed by atoms with E-state index < -0.39 is 0 Å². The van der Waals surface area contributed by atoms with Crippen LogP contribution in [0.25, 0.3) is 0 Å². The molecule has 0 fully saturated rings. The van der Waals surface area contributed by atoms with Gasteiger partial charge < -0.3 is 5.73 Å². The minimum Gasteiger partial charge on any atom is -0.401 e. The molecule has 0 heterocycles. The lowest BCUT2D eigenvalue weighted by Crippen LogP contribution is -2.25. The van der Waals surface area contributed by atoms with Crippen LogP contribution in [-0.4, -0.2) is 6.21 Å². The van der Waals surface area contributed by atoms with E-state index in [9.17, 15) is 0 Å². The minimum absolute atomic E-state index is 0.249. The number of benzene rings is 1. The molecule has 0 spiro atoms. The van der Waals surface area contributed by atoms with Crippen molar-refractivity contribution in [2.45, 2.75) is 80.6 Å². The molecule has 2 rings (SSSR count). The first-order chi connectivity index (χ1) is 14.1. The van der Waals surface area contributed by atoms with Gasteiger partial charge in [-0.05, 0) is 57.9 Å². The zero-order valence-electron chi connectivity index (χ0n) is 20.6. The molecule has 1 aromatic carbocycles.